The Labute approximate surface area is 310 Å². The molecule has 1 unspecified atom stereocenters. The molecule has 0 saturated carbocycles. The average molecular weight is 709 g/mol. The van der Waals surface area contributed by atoms with E-state index in [-0.39, 0.29) is 31.1 Å². The molecule has 6 heteroatoms. The van der Waals surface area contributed by atoms with E-state index in [9.17, 15) is 14.4 Å². The average Bonchev–Trinajstić information content (AvgIpc) is 3.09. The summed E-state index contributed by atoms with van der Waals surface area (Å²) in [5.41, 5.74) is 0. The second kappa shape index (κ2) is 37.2. The fraction of sp³-hybridized carbons (Fsp3) is 0.932. The summed E-state index contributed by atoms with van der Waals surface area (Å²) in [5, 5.41) is 0. The monoisotopic (exact) mass is 709 g/mol. The minimum absolute atomic E-state index is 0.0662. The maximum absolute atomic E-state index is 12.7. The lowest BCUT2D eigenvalue weighted by Gasteiger charge is -2.18. The Bertz CT molecular complexity index is 766. The van der Waals surface area contributed by atoms with Crippen molar-refractivity contribution < 1.29 is 28.6 Å². The van der Waals surface area contributed by atoms with Crippen molar-refractivity contribution in [2.24, 2.45) is 11.8 Å². The first-order chi connectivity index (χ1) is 24.3. The van der Waals surface area contributed by atoms with Gasteiger partial charge in [-0.3, -0.25) is 14.4 Å². The summed E-state index contributed by atoms with van der Waals surface area (Å²) in [5.74, 6) is 0.796. The number of carbonyl (C=O) groups excluding carboxylic acids is 3. The van der Waals surface area contributed by atoms with Gasteiger partial charge < -0.3 is 14.2 Å². The number of rotatable bonds is 38. The highest BCUT2D eigenvalue weighted by Gasteiger charge is 2.19. The summed E-state index contributed by atoms with van der Waals surface area (Å²) in [7, 11) is 0. The van der Waals surface area contributed by atoms with E-state index in [0.717, 1.165) is 69.6 Å². The summed E-state index contributed by atoms with van der Waals surface area (Å²) in [6.07, 6.45) is 33.8. The van der Waals surface area contributed by atoms with E-state index in [1.54, 1.807) is 0 Å². The quantitative estimate of drug-likeness (QED) is 0.0361. The van der Waals surface area contributed by atoms with Crippen molar-refractivity contribution in [3.05, 3.63) is 0 Å². The van der Waals surface area contributed by atoms with E-state index < -0.39 is 6.10 Å². The van der Waals surface area contributed by atoms with Crippen LogP contribution in [0.3, 0.4) is 0 Å². The molecule has 0 N–H and O–H groups in total. The highest BCUT2D eigenvalue weighted by molar-refractivity contribution is 5.71. The predicted octanol–water partition coefficient (Wildman–Crippen LogP) is 13.4. The lowest BCUT2D eigenvalue weighted by Crippen LogP contribution is -2.30. The standard InChI is InChI=1S/C44H84O6/c1-6-8-9-10-17-24-29-34-42(45)48-37-41(38-49-43(46)35-30-25-20-16-15-18-22-27-32-39(3)4)50-44(47)36-31-26-21-14-12-11-13-19-23-28-33-40(5)7-2/h39-41H,6-38H2,1-5H3/t40?,41-/m0/s1. The summed E-state index contributed by atoms with van der Waals surface area (Å²) in [6.45, 7) is 11.3. The maximum atomic E-state index is 12.7. The third kappa shape index (κ3) is 36.2. The summed E-state index contributed by atoms with van der Waals surface area (Å²) in [4.78, 5) is 37.5. The molecule has 0 heterocycles. The van der Waals surface area contributed by atoms with Crippen LogP contribution in [0.25, 0.3) is 0 Å². The Balaban J connectivity index is 4.30. The van der Waals surface area contributed by atoms with Crippen LogP contribution in [-0.2, 0) is 28.6 Å². The van der Waals surface area contributed by atoms with Crippen molar-refractivity contribution in [3.63, 3.8) is 0 Å². The van der Waals surface area contributed by atoms with Crippen molar-refractivity contribution in [2.45, 2.75) is 240 Å². The molecule has 0 saturated heterocycles. The second-order valence-corrected chi connectivity index (χ2v) is 15.7. The second-order valence-electron chi connectivity index (χ2n) is 15.7. The summed E-state index contributed by atoms with van der Waals surface area (Å²) < 4.78 is 16.6. The number of carbonyl (C=O) groups is 3. The molecule has 6 nitrogen and oxygen atoms in total. The number of unbranched alkanes of at least 4 members (excludes halogenated alkanes) is 22. The van der Waals surface area contributed by atoms with Gasteiger partial charge in [-0.05, 0) is 31.1 Å². The Kier molecular flexibility index (Phi) is 36.0. The van der Waals surface area contributed by atoms with Crippen molar-refractivity contribution in [1.29, 1.82) is 0 Å². The molecular formula is C44H84O6. The molecule has 0 radical (unpaired) electrons. The normalized spacial score (nSPS) is 12.6. The Morgan fingerprint density at radius 2 is 0.760 bits per heavy atom. The molecule has 0 amide bonds. The van der Waals surface area contributed by atoms with E-state index in [4.69, 9.17) is 14.2 Å². The minimum atomic E-state index is -0.759. The molecular weight excluding hydrogens is 624 g/mol. The molecule has 0 fully saturated rings. The molecule has 0 aromatic heterocycles. The van der Waals surface area contributed by atoms with Gasteiger partial charge in [0.2, 0.25) is 0 Å². The van der Waals surface area contributed by atoms with Gasteiger partial charge >= 0.3 is 17.9 Å². The smallest absolute Gasteiger partial charge is 0.306 e. The maximum Gasteiger partial charge on any atom is 0.306 e. The SMILES string of the molecule is CCCCCCCCCC(=O)OC[C@@H](COC(=O)CCCCCCCCCCC(C)C)OC(=O)CCCCCCCCCCCCC(C)CC. The number of hydrogen-bond acceptors (Lipinski definition) is 6. The number of hydrogen-bond donors (Lipinski definition) is 0. The molecule has 0 aliphatic heterocycles. The van der Waals surface area contributed by atoms with Crippen molar-refractivity contribution >= 4 is 17.9 Å². The highest BCUT2D eigenvalue weighted by atomic mass is 16.6. The molecule has 0 spiro atoms. The molecule has 0 bridgehead atoms. The van der Waals surface area contributed by atoms with Crippen LogP contribution in [-0.4, -0.2) is 37.2 Å². The van der Waals surface area contributed by atoms with E-state index in [2.05, 4.69) is 34.6 Å². The topological polar surface area (TPSA) is 78.9 Å². The van der Waals surface area contributed by atoms with Crippen LogP contribution in [0.5, 0.6) is 0 Å². The molecule has 0 aromatic rings. The molecule has 50 heavy (non-hydrogen) atoms. The van der Waals surface area contributed by atoms with E-state index in [0.29, 0.717) is 19.3 Å². The van der Waals surface area contributed by atoms with Crippen LogP contribution in [0, 0.1) is 11.8 Å². The zero-order valence-corrected chi connectivity index (χ0v) is 34.0. The lowest BCUT2D eigenvalue weighted by molar-refractivity contribution is -0.167. The zero-order chi connectivity index (χ0) is 36.9. The fourth-order valence-electron chi connectivity index (χ4n) is 6.37. The number of ether oxygens (including phenoxy) is 3. The molecule has 0 aliphatic rings. The van der Waals surface area contributed by atoms with Crippen LogP contribution in [0.4, 0.5) is 0 Å². The first-order valence-electron chi connectivity index (χ1n) is 21.8. The van der Waals surface area contributed by atoms with Gasteiger partial charge in [-0.25, -0.2) is 0 Å². The van der Waals surface area contributed by atoms with Gasteiger partial charge in [-0.1, -0.05) is 195 Å². The summed E-state index contributed by atoms with van der Waals surface area (Å²) >= 11 is 0. The van der Waals surface area contributed by atoms with Gasteiger partial charge in [0.05, 0.1) is 0 Å². The van der Waals surface area contributed by atoms with Gasteiger partial charge in [0, 0.05) is 19.3 Å². The van der Waals surface area contributed by atoms with Crippen molar-refractivity contribution in [2.75, 3.05) is 13.2 Å². The molecule has 296 valence electrons. The van der Waals surface area contributed by atoms with E-state index in [1.807, 2.05) is 0 Å². The minimum Gasteiger partial charge on any atom is -0.462 e. The first kappa shape index (κ1) is 48.4. The highest BCUT2D eigenvalue weighted by Crippen LogP contribution is 2.17. The Hall–Kier alpha value is -1.59. The lowest BCUT2D eigenvalue weighted by atomic mass is 9.99. The molecule has 0 rings (SSSR count). The Morgan fingerprint density at radius 1 is 0.420 bits per heavy atom. The Morgan fingerprint density at radius 3 is 1.14 bits per heavy atom. The van der Waals surface area contributed by atoms with Gasteiger partial charge in [0.15, 0.2) is 6.10 Å². The largest absolute Gasteiger partial charge is 0.462 e. The van der Waals surface area contributed by atoms with Crippen LogP contribution in [0.1, 0.15) is 234 Å². The van der Waals surface area contributed by atoms with Crippen LogP contribution in [0.2, 0.25) is 0 Å². The molecule has 0 aromatic carbocycles. The van der Waals surface area contributed by atoms with Crippen LogP contribution >= 0.6 is 0 Å². The van der Waals surface area contributed by atoms with Crippen LogP contribution in [0.15, 0.2) is 0 Å². The fourth-order valence-corrected chi connectivity index (χ4v) is 6.37. The van der Waals surface area contributed by atoms with Gasteiger partial charge in [0.25, 0.3) is 0 Å². The van der Waals surface area contributed by atoms with Crippen LogP contribution < -0.4 is 0 Å². The van der Waals surface area contributed by atoms with Gasteiger partial charge in [-0.15, -0.1) is 0 Å². The third-order valence-electron chi connectivity index (χ3n) is 10.1. The third-order valence-corrected chi connectivity index (χ3v) is 10.1. The van der Waals surface area contributed by atoms with Crippen molar-refractivity contribution in [3.8, 4) is 0 Å². The first-order valence-corrected chi connectivity index (χ1v) is 21.8. The van der Waals surface area contributed by atoms with Gasteiger partial charge in [0.1, 0.15) is 13.2 Å². The zero-order valence-electron chi connectivity index (χ0n) is 34.0. The van der Waals surface area contributed by atoms with Crippen molar-refractivity contribution in [1.82, 2.24) is 0 Å². The molecule has 0 aliphatic carbocycles. The van der Waals surface area contributed by atoms with Gasteiger partial charge in [-0.2, -0.15) is 0 Å². The number of esters is 3. The molecule has 2 atom stereocenters. The van der Waals surface area contributed by atoms with E-state index in [1.165, 1.54) is 122 Å². The van der Waals surface area contributed by atoms with E-state index >= 15 is 0 Å². The predicted molar refractivity (Wildman–Crippen MR) is 210 cm³/mol. The summed E-state index contributed by atoms with van der Waals surface area (Å²) in [6, 6.07) is 0.